The average Bonchev–Trinajstić information content (AvgIpc) is 3.19. The van der Waals surface area contributed by atoms with E-state index in [4.69, 9.17) is 11.6 Å². The Morgan fingerprint density at radius 2 is 1.94 bits per heavy atom. The second kappa shape index (κ2) is 8.98. The number of nitrogens with one attached hydrogen (secondary N) is 2. The van der Waals surface area contributed by atoms with Crippen molar-refractivity contribution in [2.45, 2.75) is 24.2 Å². The molecule has 0 atom stereocenters. The number of aromatic amines is 1. The SMILES string of the molecule is O=C(NCCc1c[nH]c2ccccc12)C1CCN(S(=O)(=O)c2ccc(F)c(Cl)c2)CC1. The van der Waals surface area contributed by atoms with Gasteiger partial charge < -0.3 is 10.3 Å². The van der Waals surface area contributed by atoms with E-state index in [-0.39, 0.29) is 34.8 Å². The highest BCUT2D eigenvalue weighted by Crippen LogP contribution is 2.26. The lowest BCUT2D eigenvalue weighted by atomic mass is 9.97. The highest BCUT2D eigenvalue weighted by molar-refractivity contribution is 7.89. The topological polar surface area (TPSA) is 82.3 Å². The van der Waals surface area contributed by atoms with Gasteiger partial charge in [0.05, 0.1) is 9.92 Å². The van der Waals surface area contributed by atoms with Gasteiger partial charge in [0.1, 0.15) is 5.82 Å². The lowest BCUT2D eigenvalue weighted by Crippen LogP contribution is -2.43. The minimum atomic E-state index is -3.77. The summed E-state index contributed by atoms with van der Waals surface area (Å²) in [5.41, 5.74) is 2.22. The van der Waals surface area contributed by atoms with Crippen molar-refractivity contribution in [3.63, 3.8) is 0 Å². The van der Waals surface area contributed by atoms with Crippen molar-refractivity contribution >= 4 is 38.4 Å². The number of halogens is 2. The van der Waals surface area contributed by atoms with Crippen LogP contribution in [-0.2, 0) is 21.2 Å². The maximum atomic E-state index is 13.4. The van der Waals surface area contributed by atoms with Gasteiger partial charge >= 0.3 is 0 Å². The first kappa shape index (κ1) is 21.8. The van der Waals surface area contributed by atoms with Crippen LogP contribution in [0, 0.1) is 11.7 Å². The zero-order chi connectivity index (χ0) is 22.0. The molecule has 0 bridgehead atoms. The smallest absolute Gasteiger partial charge is 0.243 e. The largest absolute Gasteiger partial charge is 0.361 e. The van der Waals surface area contributed by atoms with Crippen molar-refractivity contribution in [2.24, 2.45) is 5.92 Å². The van der Waals surface area contributed by atoms with Gasteiger partial charge in [-0.2, -0.15) is 4.31 Å². The average molecular weight is 464 g/mol. The molecule has 4 rings (SSSR count). The Hall–Kier alpha value is -2.42. The van der Waals surface area contributed by atoms with Gasteiger partial charge in [-0.05, 0) is 49.1 Å². The molecule has 0 saturated carbocycles. The van der Waals surface area contributed by atoms with E-state index in [1.807, 2.05) is 30.5 Å². The Morgan fingerprint density at radius 3 is 2.68 bits per heavy atom. The van der Waals surface area contributed by atoms with Gasteiger partial charge in [0, 0.05) is 42.7 Å². The van der Waals surface area contributed by atoms with Crippen molar-refractivity contribution in [3.8, 4) is 0 Å². The fourth-order valence-corrected chi connectivity index (χ4v) is 5.69. The Kier molecular flexibility index (Phi) is 6.31. The minimum absolute atomic E-state index is 0.0412. The van der Waals surface area contributed by atoms with Crippen molar-refractivity contribution in [3.05, 3.63) is 65.1 Å². The molecule has 2 aromatic carbocycles. The van der Waals surface area contributed by atoms with Crippen LogP contribution in [0.4, 0.5) is 4.39 Å². The Morgan fingerprint density at radius 1 is 1.19 bits per heavy atom. The van der Waals surface area contributed by atoms with E-state index < -0.39 is 15.8 Å². The quantitative estimate of drug-likeness (QED) is 0.584. The number of rotatable bonds is 6. The summed E-state index contributed by atoms with van der Waals surface area (Å²) in [7, 11) is -3.77. The molecule has 2 heterocycles. The Bertz CT molecular complexity index is 1200. The number of benzene rings is 2. The summed E-state index contributed by atoms with van der Waals surface area (Å²) in [5, 5.41) is 3.89. The normalized spacial score (nSPS) is 15.9. The van der Waals surface area contributed by atoms with Gasteiger partial charge in [0.15, 0.2) is 0 Å². The van der Waals surface area contributed by atoms with Crippen LogP contribution >= 0.6 is 11.6 Å². The molecule has 1 aliphatic rings. The minimum Gasteiger partial charge on any atom is -0.361 e. The molecule has 164 valence electrons. The molecule has 3 aromatic rings. The molecule has 0 spiro atoms. The molecule has 0 unspecified atom stereocenters. The molecular weight excluding hydrogens is 441 g/mol. The molecule has 1 saturated heterocycles. The van der Waals surface area contributed by atoms with Crippen LogP contribution in [0.2, 0.25) is 5.02 Å². The third kappa shape index (κ3) is 4.61. The van der Waals surface area contributed by atoms with E-state index in [0.29, 0.717) is 25.8 Å². The Labute approximate surface area is 185 Å². The van der Waals surface area contributed by atoms with Crippen LogP contribution in [0.1, 0.15) is 18.4 Å². The van der Waals surface area contributed by atoms with Gasteiger partial charge in [-0.1, -0.05) is 29.8 Å². The lowest BCUT2D eigenvalue weighted by Gasteiger charge is -2.30. The summed E-state index contributed by atoms with van der Waals surface area (Å²) in [5.74, 6) is -0.948. The molecule has 9 heteroatoms. The van der Waals surface area contributed by atoms with Crippen LogP contribution in [0.5, 0.6) is 0 Å². The number of carbonyl (C=O) groups excluding carboxylic acids is 1. The molecule has 1 aromatic heterocycles. The van der Waals surface area contributed by atoms with Gasteiger partial charge in [0.25, 0.3) is 0 Å². The summed E-state index contributed by atoms with van der Waals surface area (Å²) in [6.45, 7) is 0.989. The van der Waals surface area contributed by atoms with Gasteiger partial charge in [-0.3, -0.25) is 4.79 Å². The lowest BCUT2D eigenvalue weighted by molar-refractivity contribution is -0.126. The second-order valence-electron chi connectivity index (χ2n) is 7.65. The molecule has 1 aliphatic heterocycles. The van der Waals surface area contributed by atoms with Gasteiger partial charge in [-0.15, -0.1) is 0 Å². The standard InChI is InChI=1S/C22H23ClFN3O3S/c23-19-13-17(5-6-20(19)24)31(29,30)27-11-8-15(9-12-27)22(28)25-10-7-16-14-26-21-4-2-1-3-18(16)21/h1-6,13-15,26H,7-12H2,(H,25,28). The number of hydrogen-bond donors (Lipinski definition) is 2. The number of H-pyrrole nitrogens is 1. The summed E-state index contributed by atoms with van der Waals surface area (Å²) < 4.78 is 40.2. The van der Waals surface area contributed by atoms with Crippen LogP contribution < -0.4 is 5.32 Å². The van der Waals surface area contributed by atoms with E-state index in [9.17, 15) is 17.6 Å². The zero-order valence-electron chi connectivity index (χ0n) is 16.8. The summed E-state index contributed by atoms with van der Waals surface area (Å²) in [6.07, 6.45) is 3.55. The summed E-state index contributed by atoms with van der Waals surface area (Å²) >= 11 is 5.73. The maximum Gasteiger partial charge on any atom is 0.243 e. The monoisotopic (exact) mass is 463 g/mol. The van der Waals surface area contributed by atoms with Crippen LogP contribution in [0.3, 0.4) is 0 Å². The molecule has 31 heavy (non-hydrogen) atoms. The molecule has 1 fully saturated rings. The van der Waals surface area contributed by atoms with E-state index in [1.165, 1.54) is 10.4 Å². The molecule has 2 N–H and O–H groups in total. The van der Waals surface area contributed by atoms with Gasteiger partial charge in [0.2, 0.25) is 15.9 Å². The molecule has 0 radical (unpaired) electrons. The highest BCUT2D eigenvalue weighted by Gasteiger charge is 2.32. The first-order chi connectivity index (χ1) is 14.9. The van der Waals surface area contributed by atoms with Crippen LogP contribution in [0.15, 0.2) is 53.6 Å². The Balaban J connectivity index is 1.30. The number of para-hydroxylation sites is 1. The zero-order valence-corrected chi connectivity index (χ0v) is 18.3. The third-order valence-electron chi connectivity index (χ3n) is 5.72. The second-order valence-corrected chi connectivity index (χ2v) is 10.00. The molecule has 0 aliphatic carbocycles. The van der Waals surface area contributed by atoms with Crippen molar-refractivity contribution in [1.82, 2.24) is 14.6 Å². The first-order valence-electron chi connectivity index (χ1n) is 10.1. The fraction of sp³-hybridized carbons (Fsp3) is 0.318. The number of carbonyl (C=O) groups is 1. The number of fused-ring (bicyclic) bond motifs is 1. The molecular formula is C22H23ClFN3O3S. The number of hydrogen-bond acceptors (Lipinski definition) is 3. The summed E-state index contributed by atoms with van der Waals surface area (Å²) in [6, 6.07) is 11.4. The fourth-order valence-electron chi connectivity index (χ4n) is 3.95. The number of piperidine rings is 1. The number of sulfonamides is 1. The predicted molar refractivity (Wildman–Crippen MR) is 118 cm³/mol. The van der Waals surface area contributed by atoms with Crippen molar-refractivity contribution in [2.75, 3.05) is 19.6 Å². The third-order valence-corrected chi connectivity index (χ3v) is 7.91. The van der Waals surface area contributed by atoms with Gasteiger partial charge in [-0.25, -0.2) is 12.8 Å². The first-order valence-corrected chi connectivity index (χ1v) is 12.0. The molecule has 6 nitrogen and oxygen atoms in total. The van der Waals surface area contributed by atoms with Crippen molar-refractivity contribution < 1.29 is 17.6 Å². The molecule has 1 amide bonds. The van der Waals surface area contributed by atoms with E-state index in [0.717, 1.165) is 28.6 Å². The number of nitrogens with zero attached hydrogens (tertiary/aromatic N) is 1. The van der Waals surface area contributed by atoms with Crippen molar-refractivity contribution in [1.29, 1.82) is 0 Å². The predicted octanol–water partition coefficient (Wildman–Crippen LogP) is 3.72. The highest BCUT2D eigenvalue weighted by atomic mass is 35.5. The summed E-state index contributed by atoms with van der Waals surface area (Å²) in [4.78, 5) is 15.7. The van der Waals surface area contributed by atoms with E-state index >= 15 is 0 Å². The van der Waals surface area contributed by atoms with E-state index in [1.54, 1.807) is 0 Å². The van der Waals surface area contributed by atoms with Crippen LogP contribution in [0.25, 0.3) is 10.9 Å². The number of aromatic nitrogens is 1. The van der Waals surface area contributed by atoms with E-state index in [2.05, 4.69) is 10.3 Å². The number of amides is 1. The van der Waals surface area contributed by atoms with Crippen LogP contribution in [-0.4, -0.2) is 43.2 Å². The maximum absolute atomic E-state index is 13.4.